The summed E-state index contributed by atoms with van der Waals surface area (Å²) in [4.78, 5) is 17.7. The number of benzene rings is 1. The molecule has 0 bridgehead atoms. The first-order valence-electron chi connectivity index (χ1n) is 9.94. The average Bonchev–Trinajstić information content (AvgIpc) is 2.74. The molecule has 30 heavy (non-hydrogen) atoms. The van der Waals surface area contributed by atoms with Crippen LogP contribution in [0.1, 0.15) is 42.7 Å². The molecular weight excluding hydrogens is 393 g/mol. The quantitative estimate of drug-likeness (QED) is 0.474. The molecule has 5 nitrogen and oxygen atoms in total. The third kappa shape index (κ3) is 4.80. The SMILES string of the molecule is CC(C)C(=N)c1c(N2CCCC(C(F)F)C2)cc(C=O)nc1Nc1ccc(F)cc1. The Morgan fingerprint density at radius 1 is 1.30 bits per heavy atom. The number of rotatable bonds is 7. The maximum absolute atomic E-state index is 13.4. The highest BCUT2D eigenvalue weighted by Gasteiger charge is 2.30. The van der Waals surface area contributed by atoms with Gasteiger partial charge in [-0.05, 0) is 49.1 Å². The highest BCUT2D eigenvalue weighted by molar-refractivity contribution is 6.09. The Morgan fingerprint density at radius 2 is 2.00 bits per heavy atom. The normalized spacial score (nSPS) is 16.8. The average molecular weight is 418 g/mol. The van der Waals surface area contributed by atoms with E-state index in [0.717, 1.165) is 0 Å². The molecule has 1 aromatic carbocycles. The molecule has 2 heterocycles. The molecule has 3 rings (SSSR count). The van der Waals surface area contributed by atoms with Gasteiger partial charge in [0.2, 0.25) is 6.43 Å². The van der Waals surface area contributed by atoms with Gasteiger partial charge in [0.1, 0.15) is 17.3 Å². The van der Waals surface area contributed by atoms with E-state index >= 15 is 0 Å². The van der Waals surface area contributed by atoms with E-state index in [-0.39, 0.29) is 29.7 Å². The van der Waals surface area contributed by atoms with Crippen LogP contribution in [0.2, 0.25) is 0 Å². The number of pyridine rings is 1. The summed E-state index contributed by atoms with van der Waals surface area (Å²) in [7, 11) is 0. The number of nitrogens with one attached hydrogen (secondary N) is 2. The van der Waals surface area contributed by atoms with E-state index in [1.807, 2.05) is 18.7 Å². The minimum absolute atomic E-state index is 0.133. The summed E-state index contributed by atoms with van der Waals surface area (Å²) in [5.41, 5.74) is 1.96. The maximum atomic E-state index is 13.4. The summed E-state index contributed by atoms with van der Waals surface area (Å²) in [6.45, 7) is 4.42. The lowest BCUT2D eigenvalue weighted by Crippen LogP contribution is -2.39. The zero-order chi connectivity index (χ0) is 21.8. The number of aldehydes is 1. The molecule has 1 saturated heterocycles. The number of carbonyl (C=O) groups excluding carboxylic acids is 1. The Bertz CT molecular complexity index is 915. The molecule has 0 saturated carbocycles. The third-order valence-electron chi connectivity index (χ3n) is 5.25. The molecule has 1 aliphatic heterocycles. The number of halogens is 3. The Labute approximate surface area is 173 Å². The van der Waals surface area contributed by atoms with Crippen LogP contribution in [0.15, 0.2) is 30.3 Å². The smallest absolute Gasteiger partial charge is 0.243 e. The number of piperidine rings is 1. The summed E-state index contributed by atoms with van der Waals surface area (Å²) in [6.07, 6.45) is -0.790. The van der Waals surface area contributed by atoms with Crippen molar-refractivity contribution in [2.24, 2.45) is 11.8 Å². The molecule has 1 aliphatic rings. The highest BCUT2D eigenvalue weighted by atomic mass is 19.3. The summed E-state index contributed by atoms with van der Waals surface area (Å²) in [6, 6.07) is 7.20. The molecule has 1 aromatic heterocycles. The van der Waals surface area contributed by atoms with Crippen molar-refractivity contribution >= 4 is 29.2 Å². The minimum Gasteiger partial charge on any atom is -0.370 e. The second kappa shape index (κ2) is 9.28. The molecule has 2 N–H and O–H groups in total. The summed E-state index contributed by atoms with van der Waals surface area (Å²) < 4.78 is 40.0. The zero-order valence-corrected chi connectivity index (χ0v) is 17.0. The van der Waals surface area contributed by atoms with Crippen molar-refractivity contribution in [3.8, 4) is 0 Å². The van der Waals surface area contributed by atoms with Crippen molar-refractivity contribution in [1.29, 1.82) is 5.41 Å². The van der Waals surface area contributed by atoms with Crippen molar-refractivity contribution in [2.75, 3.05) is 23.3 Å². The predicted octanol–water partition coefficient (Wildman–Crippen LogP) is 5.28. The Morgan fingerprint density at radius 3 is 2.60 bits per heavy atom. The van der Waals surface area contributed by atoms with Crippen molar-refractivity contribution in [2.45, 2.75) is 33.1 Å². The Hall–Kier alpha value is -2.90. The number of hydrogen-bond acceptors (Lipinski definition) is 5. The summed E-state index contributed by atoms with van der Waals surface area (Å²) in [5.74, 6) is -1.03. The van der Waals surface area contributed by atoms with Crippen LogP contribution in [-0.4, -0.2) is 36.5 Å². The van der Waals surface area contributed by atoms with E-state index < -0.39 is 18.2 Å². The second-order valence-corrected chi connectivity index (χ2v) is 7.79. The van der Waals surface area contributed by atoms with Crippen LogP contribution in [0.5, 0.6) is 0 Å². The number of hydrogen-bond donors (Lipinski definition) is 2. The summed E-state index contributed by atoms with van der Waals surface area (Å²) >= 11 is 0. The molecule has 1 atom stereocenters. The van der Waals surface area contributed by atoms with Crippen LogP contribution < -0.4 is 10.2 Å². The standard InChI is InChI=1S/C22H25F3N4O/c1-13(2)20(26)19-18(29-9-3-4-14(11-29)21(24)25)10-17(12-30)28-22(19)27-16-7-5-15(23)6-8-16/h5-8,10,12-14,21,26H,3-4,9,11H2,1-2H3,(H,27,28). The van der Waals surface area contributed by atoms with Crippen LogP contribution in [0, 0.1) is 23.1 Å². The predicted molar refractivity (Wildman–Crippen MR) is 112 cm³/mol. The zero-order valence-electron chi connectivity index (χ0n) is 17.0. The number of anilines is 3. The van der Waals surface area contributed by atoms with Gasteiger partial charge in [-0.2, -0.15) is 0 Å². The van der Waals surface area contributed by atoms with Gasteiger partial charge in [0.15, 0.2) is 6.29 Å². The first-order chi connectivity index (χ1) is 14.3. The first-order valence-corrected chi connectivity index (χ1v) is 9.94. The van der Waals surface area contributed by atoms with Crippen LogP contribution in [0.25, 0.3) is 0 Å². The van der Waals surface area contributed by atoms with Crippen molar-refractivity contribution in [3.05, 3.63) is 47.4 Å². The fourth-order valence-corrected chi connectivity index (χ4v) is 3.61. The fourth-order valence-electron chi connectivity index (χ4n) is 3.61. The monoisotopic (exact) mass is 418 g/mol. The number of carbonyl (C=O) groups is 1. The minimum atomic E-state index is -2.43. The Kier molecular flexibility index (Phi) is 6.74. The van der Waals surface area contributed by atoms with Crippen LogP contribution in [0.4, 0.5) is 30.4 Å². The molecule has 0 radical (unpaired) electrons. The number of aromatic nitrogens is 1. The second-order valence-electron chi connectivity index (χ2n) is 7.79. The van der Waals surface area contributed by atoms with Crippen molar-refractivity contribution in [1.82, 2.24) is 4.98 Å². The molecule has 160 valence electrons. The van der Waals surface area contributed by atoms with Gasteiger partial charge in [0.25, 0.3) is 0 Å². The van der Waals surface area contributed by atoms with E-state index in [4.69, 9.17) is 5.41 Å². The van der Waals surface area contributed by atoms with E-state index in [2.05, 4.69) is 10.3 Å². The van der Waals surface area contributed by atoms with Gasteiger partial charge in [-0.3, -0.25) is 4.79 Å². The summed E-state index contributed by atoms with van der Waals surface area (Å²) in [5, 5.41) is 11.7. The van der Waals surface area contributed by atoms with E-state index in [1.54, 1.807) is 6.07 Å². The van der Waals surface area contributed by atoms with Gasteiger partial charge in [0.05, 0.1) is 11.3 Å². The van der Waals surface area contributed by atoms with Gasteiger partial charge >= 0.3 is 0 Å². The third-order valence-corrected chi connectivity index (χ3v) is 5.25. The molecule has 1 unspecified atom stereocenters. The molecular formula is C22H25F3N4O. The van der Waals surface area contributed by atoms with Gasteiger partial charge in [-0.15, -0.1) is 0 Å². The van der Waals surface area contributed by atoms with Crippen molar-refractivity contribution in [3.63, 3.8) is 0 Å². The van der Waals surface area contributed by atoms with Gasteiger partial charge < -0.3 is 15.6 Å². The topological polar surface area (TPSA) is 69.1 Å². The van der Waals surface area contributed by atoms with E-state index in [1.165, 1.54) is 24.3 Å². The lowest BCUT2D eigenvalue weighted by Gasteiger charge is -2.36. The number of alkyl halides is 2. The Balaban J connectivity index is 2.11. The van der Waals surface area contributed by atoms with Crippen LogP contribution in [0.3, 0.4) is 0 Å². The van der Waals surface area contributed by atoms with Crippen molar-refractivity contribution < 1.29 is 18.0 Å². The lowest BCUT2D eigenvalue weighted by atomic mass is 9.94. The molecule has 2 aromatic rings. The molecule has 0 amide bonds. The largest absolute Gasteiger partial charge is 0.370 e. The maximum Gasteiger partial charge on any atom is 0.243 e. The highest BCUT2D eigenvalue weighted by Crippen LogP contribution is 2.35. The van der Waals surface area contributed by atoms with E-state index in [0.29, 0.717) is 42.6 Å². The molecule has 0 aliphatic carbocycles. The first kappa shape index (κ1) is 21.8. The lowest BCUT2D eigenvalue weighted by molar-refractivity contribution is 0.0686. The van der Waals surface area contributed by atoms with Gasteiger partial charge in [-0.1, -0.05) is 13.8 Å². The van der Waals surface area contributed by atoms with Gasteiger partial charge in [0, 0.05) is 30.4 Å². The molecule has 0 spiro atoms. The fraction of sp³-hybridized carbons (Fsp3) is 0.409. The molecule has 8 heteroatoms. The van der Waals surface area contributed by atoms with Crippen LogP contribution in [-0.2, 0) is 0 Å². The number of nitrogens with zero attached hydrogens (tertiary/aromatic N) is 2. The van der Waals surface area contributed by atoms with Gasteiger partial charge in [-0.25, -0.2) is 18.2 Å². The van der Waals surface area contributed by atoms with E-state index in [9.17, 15) is 18.0 Å². The molecule has 1 fully saturated rings. The van der Waals surface area contributed by atoms with Crippen LogP contribution >= 0.6 is 0 Å².